The van der Waals surface area contributed by atoms with E-state index in [4.69, 9.17) is 21.1 Å². The molecule has 28 heavy (non-hydrogen) atoms. The summed E-state index contributed by atoms with van der Waals surface area (Å²) in [5, 5.41) is 0.695. The predicted octanol–water partition coefficient (Wildman–Crippen LogP) is 6.26. The number of hydrogen-bond acceptors (Lipinski definition) is 4. The Morgan fingerprint density at radius 3 is 2.54 bits per heavy atom. The van der Waals surface area contributed by atoms with Gasteiger partial charge in [0.15, 0.2) is 11.5 Å². The first-order chi connectivity index (χ1) is 13.6. The molecule has 4 rings (SSSR count). The van der Waals surface area contributed by atoms with Gasteiger partial charge in [-0.15, -0.1) is 0 Å². The molecule has 0 unspecified atom stereocenters. The quantitative estimate of drug-likeness (QED) is 0.467. The van der Waals surface area contributed by atoms with Gasteiger partial charge in [0.2, 0.25) is 5.78 Å². The number of hydrogen-bond donors (Lipinski definition) is 0. The van der Waals surface area contributed by atoms with Gasteiger partial charge in [-0.3, -0.25) is 4.79 Å². The number of benzene rings is 3. The Labute approximate surface area is 172 Å². The Hall–Kier alpha value is -2.69. The normalized spacial score (nSPS) is 14.2. The monoisotopic (exact) mass is 408 g/mol. The molecule has 3 aromatic rings. The minimum absolute atomic E-state index is 0.0580. The number of thioether (sulfide) groups is 1. The summed E-state index contributed by atoms with van der Waals surface area (Å²) in [4.78, 5) is 14.3. The molecule has 0 saturated carbocycles. The van der Waals surface area contributed by atoms with E-state index in [2.05, 4.69) is 0 Å². The molecular weight excluding hydrogens is 392 g/mol. The maximum Gasteiger partial charge on any atom is 0.200 e. The lowest BCUT2D eigenvalue weighted by molar-refractivity contribution is 0.104. The molecule has 0 radical (unpaired) electrons. The zero-order chi connectivity index (χ0) is 19.5. The smallest absolute Gasteiger partial charge is 0.200 e. The maximum absolute atomic E-state index is 12.6. The van der Waals surface area contributed by atoms with E-state index < -0.39 is 0 Å². The van der Waals surface area contributed by atoms with Crippen LogP contribution in [0.25, 0.3) is 6.08 Å². The third-order valence-corrected chi connectivity index (χ3v) is 5.72. The molecule has 140 valence electrons. The van der Waals surface area contributed by atoms with E-state index in [1.807, 2.05) is 72.8 Å². The Morgan fingerprint density at radius 1 is 1.00 bits per heavy atom. The van der Waals surface area contributed by atoms with Crippen LogP contribution in [0.5, 0.6) is 11.5 Å². The second-order valence-electron chi connectivity index (χ2n) is 6.26. The molecule has 1 aliphatic heterocycles. The zero-order valence-corrected chi connectivity index (χ0v) is 16.7. The van der Waals surface area contributed by atoms with Gasteiger partial charge in [-0.25, -0.2) is 0 Å². The van der Waals surface area contributed by atoms with Gasteiger partial charge in [-0.05, 0) is 53.6 Å². The molecule has 0 saturated heterocycles. The van der Waals surface area contributed by atoms with Crippen molar-refractivity contribution in [3.8, 4) is 11.5 Å². The van der Waals surface area contributed by atoms with E-state index in [1.165, 1.54) is 11.8 Å². The molecule has 3 nitrogen and oxygen atoms in total. The van der Waals surface area contributed by atoms with E-state index in [9.17, 15) is 4.79 Å². The van der Waals surface area contributed by atoms with Gasteiger partial charge in [-0.1, -0.05) is 53.7 Å². The van der Waals surface area contributed by atoms with E-state index in [0.717, 1.165) is 21.6 Å². The lowest BCUT2D eigenvalue weighted by Gasteiger charge is -2.11. The topological polar surface area (TPSA) is 35.5 Å². The largest absolute Gasteiger partial charge is 0.493 e. The average molecular weight is 409 g/mol. The second-order valence-corrected chi connectivity index (χ2v) is 7.78. The van der Waals surface area contributed by atoms with Gasteiger partial charge in [0.1, 0.15) is 6.61 Å². The van der Waals surface area contributed by atoms with Crippen LogP contribution in [0.3, 0.4) is 0 Å². The molecule has 3 aromatic carbocycles. The summed E-state index contributed by atoms with van der Waals surface area (Å²) < 4.78 is 11.4. The summed E-state index contributed by atoms with van der Waals surface area (Å²) in [5.41, 5.74) is 2.66. The van der Waals surface area contributed by atoms with Crippen LogP contribution in [-0.2, 0) is 6.61 Å². The van der Waals surface area contributed by atoms with Crippen molar-refractivity contribution in [3.05, 3.63) is 93.3 Å². The summed E-state index contributed by atoms with van der Waals surface area (Å²) in [6.45, 7) is 0.414. The molecule has 0 atom stereocenters. The second kappa shape index (κ2) is 8.13. The minimum Gasteiger partial charge on any atom is -0.493 e. The Balaban J connectivity index is 1.52. The molecule has 5 heteroatoms. The summed E-state index contributed by atoms with van der Waals surface area (Å²) in [7, 11) is 1.60. The third kappa shape index (κ3) is 3.93. The van der Waals surface area contributed by atoms with Crippen molar-refractivity contribution in [1.29, 1.82) is 0 Å². The molecule has 0 bridgehead atoms. The maximum atomic E-state index is 12.6. The molecule has 0 aromatic heterocycles. The van der Waals surface area contributed by atoms with Crippen LogP contribution in [0.2, 0.25) is 5.02 Å². The first-order valence-electron chi connectivity index (χ1n) is 8.72. The van der Waals surface area contributed by atoms with Crippen molar-refractivity contribution in [1.82, 2.24) is 0 Å². The van der Waals surface area contributed by atoms with E-state index in [0.29, 0.717) is 28.0 Å². The molecule has 1 aliphatic rings. The van der Waals surface area contributed by atoms with Gasteiger partial charge in [0, 0.05) is 15.5 Å². The lowest BCUT2D eigenvalue weighted by atomic mass is 10.1. The van der Waals surface area contributed by atoms with Gasteiger partial charge in [0.05, 0.1) is 12.0 Å². The molecule has 0 spiro atoms. The zero-order valence-electron chi connectivity index (χ0n) is 15.1. The number of rotatable bonds is 5. The van der Waals surface area contributed by atoms with Crippen LogP contribution in [0.4, 0.5) is 0 Å². The fraction of sp³-hybridized carbons (Fsp3) is 0.0870. The standard InChI is InChI=1S/C23H17ClO3S/c1-26-20-12-16(13-22-23(25)18-4-2-3-5-21(18)28-22)8-11-19(20)27-14-15-6-9-17(24)10-7-15/h2-13H,14H2,1H3. The first kappa shape index (κ1) is 18.7. The van der Waals surface area contributed by atoms with Crippen LogP contribution >= 0.6 is 23.4 Å². The molecule has 0 amide bonds. The number of halogens is 1. The van der Waals surface area contributed by atoms with Gasteiger partial charge in [0.25, 0.3) is 0 Å². The van der Waals surface area contributed by atoms with Gasteiger partial charge in [-0.2, -0.15) is 0 Å². The van der Waals surface area contributed by atoms with Crippen LogP contribution < -0.4 is 9.47 Å². The van der Waals surface area contributed by atoms with Gasteiger partial charge >= 0.3 is 0 Å². The van der Waals surface area contributed by atoms with Crippen molar-refractivity contribution in [2.45, 2.75) is 11.5 Å². The molecule has 0 fully saturated rings. The number of allylic oxidation sites excluding steroid dienone is 1. The number of ketones is 1. The van der Waals surface area contributed by atoms with Crippen molar-refractivity contribution < 1.29 is 14.3 Å². The van der Waals surface area contributed by atoms with Gasteiger partial charge < -0.3 is 9.47 Å². The van der Waals surface area contributed by atoms with Crippen LogP contribution in [-0.4, -0.2) is 12.9 Å². The summed E-state index contributed by atoms with van der Waals surface area (Å²) in [6.07, 6.45) is 1.89. The molecule has 1 heterocycles. The fourth-order valence-corrected chi connectivity index (χ4v) is 4.10. The number of fused-ring (bicyclic) bond motifs is 1. The van der Waals surface area contributed by atoms with Crippen LogP contribution in [0, 0.1) is 0 Å². The summed E-state index contributed by atoms with van der Waals surface area (Å²) in [6, 6.07) is 20.8. The number of carbonyl (C=O) groups is 1. The summed E-state index contributed by atoms with van der Waals surface area (Å²) in [5.74, 6) is 1.33. The Morgan fingerprint density at radius 2 is 1.79 bits per heavy atom. The Kier molecular flexibility index (Phi) is 5.42. The van der Waals surface area contributed by atoms with Crippen molar-refractivity contribution in [2.24, 2.45) is 0 Å². The minimum atomic E-state index is 0.0580. The van der Waals surface area contributed by atoms with E-state index in [-0.39, 0.29) is 5.78 Å². The van der Waals surface area contributed by atoms with Crippen LogP contribution in [0.1, 0.15) is 21.5 Å². The van der Waals surface area contributed by atoms with Crippen LogP contribution in [0.15, 0.2) is 76.5 Å². The third-order valence-electron chi connectivity index (χ3n) is 4.37. The first-order valence-corrected chi connectivity index (χ1v) is 9.92. The number of ether oxygens (including phenoxy) is 2. The highest BCUT2D eigenvalue weighted by Crippen LogP contribution is 2.41. The van der Waals surface area contributed by atoms with Crippen molar-refractivity contribution in [3.63, 3.8) is 0 Å². The lowest BCUT2D eigenvalue weighted by Crippen LogP contribution is -1.98. The van der Waals surface area contributed by atoms with Crippen molar-refractivity contribution >= 4 is 35.2 Å². The van der Waals surface area contributed by atoms with Crippen molar-refractivity contribution in [2.75, 3.05) is 7.11 Å². The highest BCUT2D eigenvalue weighted by Gasteiger charge is 2.25. The number of methoxy groups -OCH3 is 1. The highest BCUT2D eigenvalue weighted by atomic mass is 35.5. The molecule has 0 N–H and O–H groups in total. The number of carbonyl (C=O) groups excluding carboxylic acids is 1. The van der Waals surface area contributed by atoms with E-state index >= 15 is 0 Å². The SMILES string of the molecule is COc1cc(C=C2Sc3ccccc3C2=O)ccc1OCc1ccc(Cl)cc1. The fourth-order valence-electron chi connectivity index (χ4n) is 2.92. The average Bonchev–Trinajstić information content (AvgIpc) is 3.04. The molecular formula is C23H17ClO3S. The molecule has 0 aliphatic carbocycles. The predicted molar refractivity (Wildman–Crippen MR) is 113 cm³/mol. The highest BCUT2D eigenvalue weighted by molar-refractivity contribution is 8.04. The Bertz CT molecular complexity index is 1060. The van der Waals surface area contributed by atoms with E-state index in [1.54, 1.807) is 7.11 Å². The number of Topliss-reactive ketones (excluding diaryl/α,β-unsaturated/α-hetero) is 1. The summed E-state index contributed by atoms with van der Waals surface area (Å²) >= 11 is 7.41.